The van der Waals surface area contributed by atoms with Crippen LogP contribution in [-0.2, 0) is 14.3 Å². The minimum atomic E-state index is -0.170. The standard InChI is InChI=1S/C21H27N3O4/c1-4-27-12-13-28-20-7-5-6-18(14-20)23-21(26)15-22-17-8-10-19(11-9-17)24(3)16(2)25/h5-11,14,22H,4,12-13,15H2,1-3H3,(H,23,26). The summed E-state index contributed by atoms with van der Waals surface area (Å²) in [5.74, 6) is 0.469. The van der Waals surface area contributed by atoms with Gasteiger partial charge in [0.05, 0.1) is 13.2 Å². The van der Waals surface area contributed by atoms with Crippen LogP contribution in [0.5, 0.6) is 5.75 Å². The molecule has 2 amide bonds. The van der Waals surface area contributed by atoms with Crippen molar-refractivity contribution in [2.45, 2.75) is 13.8 Å². The fourth-order valence-corrected chi connectivity index (χ4v) is 2.40. The van der Waals surface area contributed by atoms with E-state index in [0.717, 1.165) is 11.4 Å². The van der Waals surface area contributed by atoms with Gasteiger partial charge in [-0.3, -0.25) is 9.59 Å². The Balaban J connectivity index is 1.81. The van der Waals surface area contributed by atoms with E-state index in [1.54, 1.807) is 24.1 Å². The van der Waals surface area contributed by atoms with Gasteiger partial charge >= 0.3 is 0 Å². The summed E-state index contributed by atoms with van der Waals surface area (Å²) in [7, 11) is 1.72. The first kappa shape index (κ1) is 21.2. The van der Waals surface area contributed by atoms with Crippen LogP contribution in [0, 0.1) is 0 Å². The van der Waals surface area contributed by atoms with E-state index in [2.05, 4.69) is 10.6 Å². The molecule has 0 aliphatic heterocycles. The lowest BCUT2D eigenvalue weighted by molar-refractivity contribution is -0.116. The van der Waals surface area contributed by atoms with Crippen LogP contribution >= 0.6 is 0 Å². The van der Waals surface area contributed by atoms with Gasteiger partial charge in [-0.25, -0.2) is 0 Å². The highest BCUT2D eigenvalue weighted by atomic mass is 16.5. The third kappa shape index (κ3) is 6.92. The van der Waals surface area contributed by atoms with Crippen LogP contribution in [0.4, 0.5) is 17.1 Å². The van der Waals surface area contributed by atoms with E-state index >= 15 is 0 Å². The molecule has 0 atom stereocenters. The van der Waals surface area contributed by atoms with Gasteiger partial charge < -0.3 is 25.0 Å². The molecule has 0 saturated carbocycles. The maximum absolute atomic E-state index is 12.2. The van der Waals surface area contributed by atoms with Crippen molar-refractivity contribution in [3.8, 4) is 5.75 Å². The Kier molecular flexibility index (Phi) is 8.30. The SMILES string of the molecule is CCOCCOc1cccc(NC(=O)CNc2ccc(N(C)C(C)=O)cc2)c1. The van der Waals surface area contributed by atoms with Crippen molar-refractivity contribution in [3.63, 3.8) is 0 Å². The van der Waals surface area contributed by atoms with Crippen LogP contribution in [0.25, 0.3) is 0 Å². The van der Waals surface area contributed by atoms with Gasteiger partial charge in [-0.2, -0.15) is 0 Å². The van der Waals surface area contributed by atoms with Crippen molar-refractivity contribution in [2.75, 3.05) is 48.9 Å². The number of benzene rings is 2. The molecule has 0 unspecified atom stereocenters. The zero-order chi connectivity index (χ0) is 20.4. The molecule has 7 heteroatoms. The lowest BCUT2D eigenvalue weighted by atomic mass is 10.2. The average Bonchev–Trinajstić information content (AvgIpc) is 2.70. The molecule has 0 saturated heterocycles. The molecule has 0 aromatic heterocycles. The van der Waals surface area contributed by atoms with Crippen molar-refractivity contribution >= 4 is 28.9 Å². The minimum absolute atomic E-state index is 0.0378. The van der Waals surface area contributed by atoms with Crippen LogP contribution in [0.3, 0.4) is 0 Å². The monoisotopic (exact) mass is 385 g/mol. The predicted octanol–water partition coefficient (Wildman–Crippen LogP) is 3.14. The predicted molar refractivity (Wildman–Crippen MR) is 111 cm³/mol. The highest BCUT2D eigenvalue weighted by Crippen LogP contribution is 2.18. The number of nitrogens with one attached hydrogen (secondary N) is 2. The van der Waals surface area contributed by atoms with Gasteiger partial charge in [0.1, 0.15) is 12.4 Å². The Labute approximate surface area is 165 Å². The van der Waals surface area contributed by atoms with E-state index in [9.17, 15) is 9.59 Å². The topological polar surface area (TPSA) is 79.9 Å². The summed E-state index contributed by atoms with van der Waals surface area (Å²) in [5, 5.41) is 5.89. The summed E-state index contributed by atoms with van der Waals surface area (Å²) in [6.45, 7) is 5.21. The lowest BCUT2D eigenvalue weighted by Crippen LogP contribution is -2.23. The second kappa shape index (κ2) is 10.9. The van der Waals surface area contributed by atoms with Crippen molar-refractivity contribution in [1.82, 2.24) is 0 Å². The molecule has 2 N–H and O–H groups in total. The Bertz CT molecular complexity index is 777. The zero-order valence-corrected chi connectivity index (χ0v) is 16.5. The number of hydrogen-bond acceptors (Lipinski definition) is 5. The van der Waals surface area contributed by atoms with Gasteiger partial charge in [-0.1, -0.05) is 6.07 Å². The number of carbonyl (C=O) groups excluding carboxylic acids is 2. The Morgan fingerprint density at radius 1 is 1.04 bits per heavy atom. The average molecular weight is 385 g/mol. The minimum Gasteiger partial charge on any atom is -0.491 e. The van der Waals surface area contributed by atoms with Crippen LogP contribution in [0.15, 0.2) is 48.5 Å². The molecule has 2 aromatic carbocycles. The summed E-state index contributed by atoms with van der Waals surface area (Å²) >= 11 is 0. The van der Waals surface area contributed by atoms with Gasteiger partial charge in [0.2, 0.25) is 11.8 Å². The number of nitrogens with zero attached hydrogens (tertiary/aromatic N) is 1. The second-order valence-electron chi connectivity index (χ2n) is 6.10. The zero-order valence-electron chi connectivity index (χ0n) is 16.5. The maximum Gasteiger partial charge on any atom is 0.243 e. The summed E-state index contributed by atoms with van der Waals surface area (Å²) in [6, 6.07) is 14.5. The maximum atomic E-state index is 12.2. The van der Waals surface area contributed by atoms with E-state index in [1.165, 1.54) is 6.92 Å². The summed E-state index contributed by atoms with van der Waals surface area (Å²) < 4.78 is 10.8. The first-order chi connectivity index (χ1) is 13.5. The van der Waals surface area contributed by atoms with Crippen molar-refractivity contribution in [2.24, 2.45) is 0 Å². The Morgan fingerprint density at radius 3 is 2.46 bits per heavy atom. The molecule has 0 aliphatic carbocycles. The molecular weight excluding hydrogens is 358 g/mol. The smallest absolute Gasteiger partial charge is 0.243 e. The number of ether oxygens (including phenoxy) is 2. The summed E-state index contributed by atoms with van der Waals surface area (Å²) in [5.41, 5.74) is 2.26. The molecule has 7 nitrogen and oxygen atoms in total. The van der Waals surface area contributed by atoms with E-state index in [-0.39, 0.29) is 18.4 Å². The van der Waals surface area contributed by atoms with Gasteiger partial charge in [-0.15, -0.1) is 0 Å². The molecule has 2 aromatic rings. The van der Waals surface area contributed by atoms with Crippen LogP contribution in [0.1, 0.15) is 13.8 Å². The second-order valence-corrected chi connectivity index (χ2v) is 6.10. The lowest BCUT2D eigenvalue weighted by Gasteiger charge is -2.15. The normalized spacial score (nSPS) is 10.2. The molecule has 0 spiro atoms. The van der Waals surface area contributed by atoms with E-state index in [1.807, 2.05) is 43.3 Å². The Hall–Kier alpha value is -3.06. The first-order valence-corrected chi connectivity index (χ1v) is 9.18. The molecule has 0 radical (unpaired) electrons. The largest absolute Gasteiger partial charge is 0.491 e. The number of rotatable bonds is 10. The third-order valence-corrected chi connectivity index (χ3v) is 4.00. The van der Waals surface area contributed by atoms with Gasteiger partial charge in [-0.05, 0) is 43.3 Å². The molecule has 0 fully saturated rings. The van der Waals surface area contributed by atoms with E-state index in [4.69, 9.17) is 9.47 Å². The fourth-order valence-electron chi connectivity index (χ4n) is 2.40. The molecule has 2 rings (SSSR count). The first-order valence-electron chi connectivity index (χ1n) is 9.18. The Morgan fingerprint density at radius 2 is 1.79 bits per heavy atom. The molecule has 0 heterocycles. The molecule has 28 heavy (non-hydrogen) atoms. The number of amides is 2. The summed E-state index contributed by atoms with van der Waals surface area (Å²) in [6.07, 6.45) is 0. The van der Waals surface area contributed by atoms with E-state index in [0.29, 0.717) is 31.3 Å². The number of carbonyl (C=O) groups is 2. The van der Waals surface area contributed by atoms with Crippen LogP contribution in [-0.4, -0.2) is 45.2 Å². The van der Waals surface area contributed by atoms with Gasteiger partial charge in [0, 0.05) is 43.7 Å². The number of anilines is 3. The third-order valence-electron chi connectivity index (χ3n) is 4.00. The van der Waals surface area contributed by atoms with Crippen molar-refractivity contribution < 1.29 is 19.1 Å². The number of hydrogen-bond donors (Lipinski definition) is 2. The molecule has 150 valence electrons. The quantitative estimate of drug-likeness (QED) is 0.614. The molecule has 0 aliphatic rings. The van der Waals surface area contributed by atoms with Crippen molar-refractivity contribution in [3.05, 3.63) is 48.5 Å². The van der Waals surface area contributed by atoms with Crippen molar-refractivity contribution in [1.29, 1.82) is 0 Å². The fraction of sp³-hybridized carbons (Fsp3) is 0.333. The van der Waals surface area contributed by atoms with Gasteiger partial charge in [0.15, 0.2) is 0 Å². The molecular formula is C21H27N3O4. The highest BCUT2D eigenvalue weighted by molar-refractivity contribution is 5.94. The van der Waals surface area contributed by atoms with E-state index < -0.39 is 0 Å². The van der Waals surface area contributed by atoms with Gasteiger partial charge in [0.25, 0.3) is 0 Å². The molecule has 0 bridgehead atoms. The van der Waals surface area contributed by atoms with Crippen LogP contribution in [0.2, 0.25) is 0 Å². The highest BCUT2D eigenvalue weighted by Gasteiger charge is 2.06. The summed E-state index contributed by atoms with van der Waals surface area (Å²) in [4.78, 5) is 25.1. The van der Waals surface area contributed by atoms with Crippen LogP contribution < -0.4 is 20.3 Å².